The van der Waals surface area contributed by atoms with E-state index in [0.717, 1.165) is 27.2 Å². The van der Waals surface area contributed by atoms with Crippen LogP contribution in [-0.2, 0) is 0 Å². The molecule has 0 saturated heterocycles. The lowest BCUT2D eigenvalue weighted by Gasteiger charge is -2.05. The number of nitrogens with one attached hydrogen (secondary N) is 1. The number of aromatic nitrogens is 2. The molecule has 5 aromatic rings. The van der Waals surface area contributed by atoms with E-state index in [0.29, 0.717) is 16.1 Å². The van der Waals surface area contributed by atoms with Gasteiger partial charge in [-0.05, 0) is 42.0 Å². The first-order valence-electron chi connectivity index (χ1n) is 10.2. The van der Waals surface area contributed by atoms with Crippen LogP contribution in [-0.4, -0.2) is 27.0 Å². The summed E-state index contributed by atoms with van der Waals surface area (Å²) < 4.78 is 2.58. The van der Waals surface area contributed by atoms with E-state index in [9.17, 15) is 9.90 Å². The molecule has 7 nitrogen and oxygen atoms in total. The summed E-state index contributed by atoms with van der Waals surface area (Å²) in [5.41, 5.74) is 13.1. The topological polar surface area (TPSA) is 106 Å². The van der Waals surface area contributed by atoms with Gasteiger partial charge in [-0.3, -0.25) is 4.79 Å². The van der Waals surface area contributed by atoms with E-state index in [4.69, 9.17) is 10.8 Å². The van der Waals surface area contributed by atoms with E-state index >= 15 is 0 Å². The zero-order valence-electron chi connectivity index (χ0n) is 17.3. The van der Waals surface area contributed by atoms with Gasteiger partial charge in [-0.1, -0.05) is 48.5 Å². The number of rotatable bonds is 5. The minimum absolute atomic E-state index is 0.160. The smallest absolute Gasteiger partial charge is 0.276 e. The fourth-order valence-corrected chi connectivity index (χ4v) is 4.59. The summed E-state index contributed by atoms with van der Waals surface area (Å²) >= 11 is 1.33. The predicted octanol–water partition coefficient (Wildman–Crippen LogP) is 4.81. The van der Waals surface area contributed by atoms with Crippen LogP contribution in [0.4, 0.5) is 5.00 Å². The number of thiophene rings is 1. The Morgan fingerprint density at radius 2 is 1.67 bits per heavy atom. The van der Waals surface area contributed by atoms with Crippen LogP contribution in [0.1, 0.15) is 15.9 Å². The maximum Gasteiger partial charge on any atom is 0.276 e. The van der Waals surface area contributed by atoms with Gasteiger partial charge in [0.15, 0.2) is 0 Å². The van der Waals surface area contributed by atoms with Crippen LogP contribution in [0.2, 0.25) is 0 Å². The van der Waals surface area contributed by atoms with Gasteiger partial charge in [0.1, 0.15) is 27.5 Å². The molecule has 3 aromatic carbocycles. The third kappa shape index (κ3) is 3.95. The van der Waals surface area contributed by atoms with Crippen molar-refractivity contribution in [1.29, 1.82) is 0 Å². The fourth-order valence-electron chi connectivity index (χ4n) is 3.54. The zero-order chi connectivity index (χ0) is 22.8. The van der Waals surface area contributed by atoms with Crippen molar-refractivity contribution in [3.05, 3.63) is 96.1 Å². The van der Waals surface area contributed by atoms with Crippen LogP contribution in [0, 0.1) is 0 Å². The van der Waals surface area contributed by atoms with E-state index in [2.05, 4.69) is 10.5 Å². The molecule has 0 aliphatic carbocycles. The maximum atomic E-state index is 13.1. The van der Waals surface area contributed by atoms with Gasteiger partial charge in [0.25, 0.3) is 5.91 Å². The van der Waals surface area contributed by atoms with Gasteiger partial charge in [-0.2, -0.15) is 10.2 Å². The van der Waals surface area contributed by atoms with Crippen LogP contribution >= 0.6 is 11.3 Å². The van der Waals surface area contributed by atoms with Crippen molar-refractivity contribution in [2.45, 2.75) is 0 Å². The van der Waals surface area contributed by atoms with Crippen LogP contribution < -0.4 is 11.2 Å². The number of carbonyl (C=O) groups excluding carboxylic acids is 1. The molecular formula is C25H19N5O2S. The number of fused-ring (bicyclic) bond motifs is 1. The highest BCUT2D eigenvalue weighted by molar-refractivity contribution is 7.23. The monoisotopic (exact) mass is 453 g/mol. The molecule has 4 N–H and O–H groups in total. The second kappa shape index (κ2) is 8.60. The number of hydrogen-bond acceptors (Lipinski definition) is 6. The highest BCUT2D eigenvalue weighted by Gasteiger charge is 2.25. The number of carbonyl (C=O) groups is 1. The third-order valence-electron chi connectivity index (χ3n) is 5.09. The standard InChI is InChI=1S/C25H19N5O2S/c26-24-20(25(32)28-27-15-16-11-13-19(31)14-12-16)22-23(33-24)21(17-7-3-1-4-8-17)29-30(22)18-9-5-2-6-10-18/h1-15,31H,26H2,(H,28,32). The highest BCUT2D eigenvalue weighted by Crippen LogP contribution is 2.40. The van der Waals surface area contributed by atoms with Gasteiger partial charge in [-0.25, -0.2) is 10.1 Å². The molecule has 0 aliphatic rings. The first kappa shape index (κ1) is 20.5. The minimum atomic E-state index is -0.425. The molecule has 0 aliphatic heterocycles. The summed E-state index contributed by atoms with van der Waals surface area (Å²) in [6.45, 7) is 0. The van der Waals surface area contributed by atoms with E-state index in [1.54, 1.807) is 28.9 Å². The number of aromatic hydroxyl groups is 1. The Balaban J connectivity index is 1.58. The second-order valence-corrected chi connectivity index (χ2v) is 8.32. The van der Waals surface area contributed by atoms with E-state index in [-0.39, 0.29) is 5.75 Å². The Morgan fingerprint density at radius 1 is 1.00 bits per heavy atom. The summed E-state index contributed by atoms with van der Waals surface area (Å²) in [5, 5.41) is 18.7. The van der Waals surface area contributed by atoms with E-state index < -0.39 is 5.91 Å². The normalized spacial score (nSPS) is 11.3. The summed E-state index contributed by atoms with van der Waals surface area (Å²) in [7, 11) is 0. The molecule has 0 fully saturated rings. The van der Waals surface area contributed by atoms with Crippen molar-refractivity contribution in [2.24, 2.45) is 5.10 Å². The van der Waals surface area contributed by atoms with Gasteiger partial charge in [0.2, 0.25) is 0 Å². The van der Waals surface area contributed by atoms with Crippen LogP contribution in [0.5, 0.6) is 5.75 Å². The summed E-state index contributed by atoms with van der Waals surface area (Å²) in [6.07, 6.45) is 1.50. The lowest BCUT2D eigenvalue weighted by atomic mass is 10.1. The molecule has 162 valence electrons. The van der Waals surface area contributed by atoms with Crippen molar-refractivity contribution < 1.29 is 9.90 Å². The minimum Gasteiger partial charge on any atom is -0.508 e. The van der Waals surface area contributed by atoms with Crippen molar-refractivity contribution in [3.8, 4) is 22.7 Å². The number of hydrazone groups is 1. The van der Waals surface area contributed by atoms with Gasteiger partial charge >= 0.3 is 0 Å². The van der Waals surface area contributed by atoms with Gasteiger partial charge < -0.3 is 10.8 Å². The number of amides is 1. The SMILES string of the molecule is Nc1sc2c(-c3ccccc3)nn(-c3ccccc3)c2c1C(=O)NN=Cc1ccc(O)cc1. The number of benzene rings is 3. The van der Waals surface area contributed by atoms with Crippen molar-refractivity contribution in [2.75, 3.05) is 5.73 Å². The number of nitrogens with zero attached hydrogens (tertiary/aromatic N) is 3. The van der Waals surface area contributed by atoms with E-state index in [1.807, 2.05) is 60.7 Å². The highest BCUT2D eigenvalue weighted by atomic mass is 32.1. The molecule has 0 unspecified atom stereocenters. The molecule has 1 amide bonds. The number of nitrogens with two attached hydrogens (primary N) is 1. The molecule has 0 spiro atoms. The van der Waals surface area contributed by atoms with Crippen LogP contribution in [0.25, 0.3) is 27.2 Å². The average molecular weight is 454 g/mol. The number of hydrogen-bond donors (Lipinski definition) is 3. The van der Waals surface area contributed by atoms with Crippen LogP contribution in [0.3, 0.4) is 0 Å². The zero-order valence-corrected chi connectivity index (χ0v) is 18.2. The fraction of sp³-hybridized carbons (Fsp3) is 0. The second-order valence-electron chi connectivity index (χ2n) is 7.27. The third-order valence-corrected chi connectivity index (χ3v) is 6.10. The molecule has 0 saturated carbocycles. The molecule has 0 bridgehead atoms. The lowest BCUT2D eigenvalue weighted by Crippen LogP contribution is -2.19. The largest absolute Gasteiger partial charge is 0.508 e. The summed E-state index contributed by atoms with van der Waals surface area (Å²) in [4.78, 5) is 13.1. The number of para-hydroxylation sites is 1. The number of nitrogen functional groups attached to an aromatic ring is 1. The van der Waals surface area contributed by atoms with Crippen molar-refractivity contribution >= 4 is 38.7 Å². The molecule has 0 atom stereocenters. The molecule has 2 aromatic heterocycles. The van der Waals surface area contributed by atoms with Gasteiger partial charge in [-0.15, -0.1) is 11.3 Å². The number of anilines is 1. The quantitative estimate of drug-likeness (QED) is 0.262. The van der Waals surface area contributed by atoms with Crippen molar-refractivity contribution in [1.82, 2.24) is 15.2 Å². The molecule has 33 heavy (non-hydrogen) atoms. The Labute approximate surface area is 193 Å². The summed E-state index contributed by atoms with van der Waals surface area (Å²) in [6, 6.07) is 25.9. The maximum absolute atomic E-state index is 13.1. The molecule has 8 heteroatoms. The molecule has 0 radical (unpaired) electrons. The first-order valence-corrected chi connectivity index (χ1v) is 11.0. The Morgan fingerprint density at radius 3 is 2.36 bits per heavy atom. The summed E-state index contributed by atoms with van der Waals surface area (Å²) in [5.74, 6) is -0.265. The van der Waals surface area contributed by atoms with E-state index in [1.165, 1.54) is 17.6 Å². The van der Waals surface area contributed by atoms with Gasteiger partial charge in [0.05, 0.1) is 16.6 Å². The Kier molecular flexibility index (Phi) is 5.34. The Hall–Kier alpha value is -4.43. The lowest BCUT2D eigenvalue weighted by molar-refractivity contribution is 0.0957. The molecular weight excluding hydrogens is 434 g/mol. The Bertz CT molecular complexity index is 1460. The predicted molar refractivity (Wildman–Crippen MR) is 132 cm³/mol. The molecule has 2 heterocycles. The number of phenolic OH excluding ortho intramolecular Hbond substituents is 1. The van der Waals surface area contributed by atoms with Crippen molar-refractivity contribution in [3.63, 3.8) is 0 Å². The average Bonchev–Trinajstić information content (AvgIpc) is 3.37. The van der Waals surface area contributed by atoms with Gasteiger partial charge in [0, 0.05) is 5.56 Å². The number of phenols is 1. The molecule has 5 rings (SSSR count). The first-order chi connectivity index (χ1) is 16.1. The van der Waals surface area contributed by atoms with Crippen LogP contribution in [0.15, 0.2) is 90.0 Å².